The summed E-state index contributed by atoms with van der Waals surface area (Å²) in [5, 5.41) is 4.26. The minimum absolute atomic E-state index is 0.154. The Labute approximate surface area is 154 Å². The number of hydrogen-bond acceptors (Lipinski definition) is 4. The lowest BCUT2D eigenvalue weighted by molar-refractivity contribution is 0.539. The van der Waals surface area contributed by atoms with Gasteiger partial charge in [-0.3, -0.25) is 15.4 Å². The van der Waals surface area contributed by atoms with E-state index in [2.05, 4.69) is 16.0 Å². The molecular weight excluding hydrogens is 352 g/mol. The Hall–Kier alpha value is -2.84. The number of nitrogens with zero attached hydrogens (tertiary/aromatic N) is 3. The molecule has 0 saturated carbocycles. The van der Waals surface area contributed by atoms with Gasteiger partial charge in [0.25, 0.3) is 0 Å². The quantitative estimate of drug-likeness (QED) is 0.735. The first kappa shape index (κ1) is 17.6. The Kier molecular flexibility index (Phi) is 4.59. The molecule has 0 unspecified atom stereocenters. The number of aromatic nitrogens is 3. The molecule has 1 aliphatic heterocycles. The highest BCUT2D eigenvalue weighted by molar-refractivity contribution is 5.35. The van der Waals surface area contributed by atoms with Crippen LogP contribution in [-0.4, -0.2) is 27.4 Å². The molecule has 8 heteroatoms. The standard InChI is InChI=1S/C19H19F2N5O/c1-12-24-26(15-7-5-13(6-8-15)14-9-22-23-10-14)19(27)25(12)11-16-17(20)3-2-4-18(16)21/h2-8,14,22-23H,9-11H2,1H3. The van der Waals surface area contributed by atoms with Crippen molar-refractivity contribution in [1.82, 2.24) is 25.2 Å². The normalized spacial score (nSPS) is 14.8. The molecule has 0 bridgehead atoms. The number of rotatable bonds is 4. The Bertz CT molecular complexity index is 999. The van der Waals surface area contributed by atoms with Crippen molar-refractivity contribution in [3.8, 4) is 5.69 Å². The molecule has 4 rings (SSSR count). The van der Waals surface area contributed by atoms with Gasteiger partial charge in [0, 0.05) is 24.6 Å². The van der Waals surface area contributed by atoms with Gasteiger partial charge in [-0.2, -0.15) is 9.78 Å². The number of hydrazine groups is 1. The van der Waals surface area contributed by atoms with Crippen LogP contribution >= 0.6 is 0 Å². The predicted molar refractivity (Wildman–Crippen MR) is 96.8 cm³/mol. The fourth-order valence-electron chi connectivity index (χ4n) is 3.27. The number of aryl methyl sites for hydroxylation is 1. The van der Waals surface area contributed by atoms with Crippen LogP contribution in [0.25, 0.3) is 5.69 Å². The molecule has 27 heavy (non-hydrogen) atoms. The molecule has 0 atom stereocenters. The molecule has 0 aliphatic carbocycles. The number of benzene rings is 2. The van der Waals surface area contributed by atoms with E-state index in [0.29, 0.717) is 17.4 Å². The van der Waals surface area contributed by atoms with Gasteiger partial charge in [0.15, 0.2) is 0 Å². The summed E-state index contributed by atoms with van der Waals surface area (Å²) >= 11 is 0. The molecule has 2 aromatic carbocycles. The molecule has 3 aromatic rings. The third-order valence-corrected chi connectivity index (χ3v) is 4.86. The third kappa shape index (κ3) is 3.29. The van der Waals surface area contributed by atoms with Crippen LogP contribution in [0.3, 0.4) is 0 Å². The highest BCUT2D eigenvalue weighted by Gasteiger charge is 2.18. The molecule has 0 spiro atoms. The van der Waals surface area contributed by atoms with E-state index in [1.54, 1.807) is 6.92 Å². The highest BCUT2D eigenvalue weighted by Crippen LogP contribution is 2.18. The van der Waals surface area contributed by atoms with E-state index >= 15 is 0 Å². The second-order valence-electron chi connectivity index (χ2n) is 6.58. The van der Waals surface area contributed by atoms with Crippen LogP contribution in [0.4, 0.5) is 8.78 Å². The average Bonchev–Trinajstić information content (AvgIpc) is 3.28. The van der Waals surface area contributed by atoms with E-state index in [4.69, 9.17) is 0 Å². The Morgan fingerprint density at radius 1 is 1.07 bits per heavy atom. The van der Waals surface area contributed by atoms with Gasteiger partial charge in [-0.15, -0.1) is 0 Å². The molecule has 6 nitrogen and oxygen atoms in total. The van der Waals surface area contributed by atoms with Crippen LogP contribution in [0.5, 0.6) is 0 Å². The van der Waals surface area contributed by atoms with Gasteiger partial charge in [-0.1, -0.05) is 18.2 Å². The monoisotopic (exact) mass is 371 g/mol. The number of halogens is 2. The summed E-state index contributed by atoms with van der Waals surface area (Å²) in [6, 6.07) is 11.2. The molecule has 2 N–H and O–H groups in total. The molecule has 1 fully saturated rings. The Morgan fingerprint density at radius 2 is 1.70 bits per heavy atom. The van der Waals surface area contributed by atoms with Crippen LogP contribution in [0.2, 0.25) is 0 Å². The summed E-state index contributed by atoms with van der Waals surface area (Å²) in [6.45, 7) is 3.13. The van der Waals surface area contributed by atoms with Crippen molar-refractivity contribution in [1.29, 1.82) is 0 Å². The number of nitrogens with one attached hydrogen (secondary N) is 2. The first-order valence-corrected chi connectivity index (χ1v) is 8.70. The molecule has 140 valence electrons. The summed E-state index contributed by atoms with van der Waals surface area (Å²) in [5.41, 5.74) is 7.35. The molecule has 0 amide bonds. The predicted octanol–water partition coefficient (Wildman–Crippen LogP) is 1.86. The van der Waals surface area contributed by atoms with Crippen LogP contribution < -0.4 is 16.5 Å². The van der Waals surface area contributed by atoms with Gasteiger partial charge < -0.3 is 0 Å². The first-order chi connectivity index (χ1) is 13.0. The lowest BCUT2D eigenvalue weighted by Crippen LogP contribution is -2.25. The Balaban J connectivity index is 1.65. The molecular formula is C19H19F2N5O. The summed E-state index contributed by atoms with van der Waals surface area (Å²) in [6.07, 6.45) is 0. The first-order valence-electron chi connectivity index (χ1n) is 8.70. The van der Waals surface area contributed by atoms with E-state index in [9.17, 15) is 13.6 Å². The molecule has 2 heterocycles. The molecule has 1 saturated heterocycles. The van der Waals surface area contributed by atoms with Gasteiger partial charge in [0.1, 0.15) is 17.5 Å². The lowest BCUT2D eigenvalue weighted by Gasteiger charge is -2.08. The fraction of sp³-hybridized carbons (Fsp3) is 0.263. The van der Waals surface area contributed by atoms with Gasteiger partial charge in [-0.25, -0.2) is 13.6 Å². The minimum Gasteiger partial charge on any atom is -0.274 e. The summed E-state index contributed by atoms with van der Waals surface area (Å²) in [5.74, 6) is -0.607. The van der Waals surface area contributed by atoms with Crippen molar-refractivity contribution >= 4 is 0 Å². The van der Waals surface area contributed by atoms with Crippen molar-refractivity contribution in [3.63, 3.8) is 0 Å². The smallest absolute Gasteiger partial charge is 0.274 e. The molecule has 0 radical (unpaired) electrons. The summed E-state index contributed by atoms with van der Waals surface area (Å²) in [4.78, 5) is 12.8. The van der Waals surface area contributed by atoms with Crippen molar-refractivity contribution in [2.45, 2.75) is 19.4 Å². The van der Waals surface area contributed by atoms with Crippen molar-refractivity contribution < 1.29 is 8.78 Å². The zero-order valence-electron chi connectivity index (χ0n) is 14.7. The second kappa shape index (κ2) is 7.05. The average molecular weight is 371 g/mol. The highest BCUT2D eigenvalue weighted by atomic mass is 19.1. The van der Waals surface area contributed by atoms with Crippen LogP contribution in [-0.2, 0) is 6.54 Å². The summed E-state index contributed by atoms with van der Waals surface area (Å²) in [7, 11) is 0. The van der Waals surface area contributed by atoms with Gasteiger partial charge in [-0.05, 0) is 36.8 Å². The van der Waals surface area contributed by atoms with Gasteiger partial charge in [0.2, 0.25) is 0 Å². The van der Waals surface area contributed by atoms with Crippen molar-refractivity contribution in [2.24, 2.45) is 0 Å². The van der Waals surface area contributed by atoms with E-state index < -0.39 is 17.3 Å². The maximum Gasteiger partial charge on any atom is 0.351 e. The lowest BCUT2D eigenvalue weighted by atomic mass is 10.0. The fourth-order valence-corrected chi connectivity index (χ4v) is 3.27. The van der Waals surface area contributed by atoms with Gasteiger partial charge in [0.05, 0.1) is 12.2 Å². The van der Waals surface area contributed by atoms with Crippen LogP contribution in [0, 0.1) is 18.6 Å². The maximum absolute atomic E-state index is 13.9. The second-order valence-corrected chi connectivity index (χ2v) is 6.58. The molecule has 1 aromatic heterocycles. The van der Waals surface area contributed by atoms with Gasteiger partial charge >= 0.3 is 5.69 Å². The van der Waals surface area contributed by atoms with Crippen molar-refractivity contribution in [3.05, 3.63) is 81.5 Å². The number of hydrogen-bond donors (Lipinski definition) is 2. The summed E-state index contributed by atoms with van der Waals surface area (Å²) < 4.78 is 30.4. The van der Waals surface area contributed by atoms with E-state index in [0.717, 1.165) is 18.7 Å². The Morgan fingerprint density at radius 3 is 2.33 bits per heavy atom. The zero-order valence-corrected chi connectivity index (χ0v) is 14.7. The SMILES string of the molecule is Cc1nn(-c2ccc(C3CNNC3)cc2)c(=O)n1Cc1c(F)cccc1F. The molecule has 1 aliphatic rings. The van der Waals surface area contributed by atoms with E-state index in [1.165, 1.54) is 27.4 Å². The topological polar surface area (TPSA) is 63.9 Å². The van der Waals surface area contributed by atoms with E-state index in [-0.39, 0.29) is 12.1 Å². The van der Waals surface area contributed by atoms with Crippen molar-refractivity contribution in [2.75, 3.05) is 13.1 Å². The zero-order chi connectivity index (χ0) is 19.0. The van der Waals surface area contributed by atoms with Crippen LogP contribution in [0.1, 0.15) is 22.9 Å². The minimum atomic E-state index is -0.683. The van der Waals surface area contributed by atoms with Crippen LogP contribution in [0.15, 0.2) is 47.3 Å². The third-order valence-electron chi connectivity index (χ3n) is 4.86. The largest absolute Gasteiger partial charge is 0.351 e. The van der Waals surface area contributed by atoms with E-state index in [1.807, 2.05) is 24.3 Å². The maximum atomic E-state index is 13.9.